The summed E-state index contributed by atoms with van der Waals surface area (Å²) in [5.41, 5.74) is 5.77. The van der Waals surface area contributed by atoms with E-state index in [0.717, 1.165) is 39.5 Å². The summed E-state index contributed by atoms with van der Waals surface area (Å²) in [6.07, 6.45) is 2.16. The number of benzene rings is 3. The molecule has 3 aromatic carbocycles. The number of halogens is 1. The van der Waals surface area contributed by atoms with Gasteiger partial charge in [-0.3, -0.25) is 4.79 Å². The smallest absolute Gasteiger partial charge is 0.262 e. The van der Waals surface area contributed by atoms with Gasteiger partial charge in [-0.1, -0.05) is 40.2 Å². The summed E-state index contributed by atoms with van der Waals surface area (Å²) in [6.45, 7) is 4.01. The van der Waals surface area contributed by atoms with Gasteiger partial charge in [0.05, 0.1) is 0 Å². The Bertz CT molecular complexity index is 993. The second-order valence-electron chi connectivity index (χ2n) is 6.82. The molecule has 132 valence electrons. The van der Waals surface area contributed by atoms with Crippen LogP contribution in [0.4, 0.5) is 5.69 Å². The molecule has 0 fully saturated rings. The number of rotatable bonds is 4. The monoisotopic (exact) mass is 409 g/mol. The highest BCUT2D eigenvalue weighted by Crippen LogP contribution is 2.35. The van der Waals surface area contributed by atoms with E-state index in [0.29, 0.717) is 5.75 Å². The summed E-state index contributed by atoms with van der Waals surface area (Å²) >= 11 is 3.54. The van der Waals surface area contributed by atoms with Crippen molar-refractivity contribution in [2.45, 2.75) is 26.7 Å². The van der Waals surface area contributed by atoms with E-state index >= 15 is 0 Å². The van der Waals surface area contributed by atoms with Crippen LogP contribution in [0.2, 0.25) is 0 Å². The Labute approximate surface area is 161 Å². The summed E-state index contributed by atoms with van der Waals surface area (Å²) in [6, 6.07) is 14.3. The first kappa shape index (κ1) is 17.1. The van der Waals surface area contributed by atoms with Crippen LogP contribution in [0.3, 0.4) is 0 Å². The van der Waals surface area contributed by atoms with Crippen LogP contribution in [0.15, 0.2) is 46.9 Å². The zero-order chi connectivity index (χ0) is 18.3. The maximum atomic E-state index is 12.4. The Hall–Kier alpha value is -2.33. The van der Waals surface area contributed by atoms with Gasteiger partial charge in [0.2, 0.25) is 0 Å². The van der Waals surface area contributed by atoms with Gasteiger partial charge in [-0.05, 0) is 72.5 Å². The molecular weight excluding hydrogens is 390 g/mol. The molecule has 1 amide bonds. The molecule has 1 aliphatic carbocycles. The minimum atomic E-state index is -0.151. The minimum absolute atomic E-state index is 0.0105. The van der Waals surface area contributed by atoms with Crippen molar-refractivity contribution in [1.82, 2.24) is 0 Å². The number of aryl methyl sites for hydroxylation is 4. The number of hydrogen-bond donors (Lipinski definition) is 1. The average Bonchev–Trinajstić information content (AvgIpc) is 3.05. The van der Waals surface area contributed by atoms with E-state index < -0.39 is 0 Å². The van der Waals surface area contributed by atoms with E-state index in [4.69, 9.17) is 4.74 Å². The fourth-order valence-electron chi connectivity index (χ4n) is 3.68. The van der Waals surface area contributed by atoms with Crippen molar-refractivity contribution < 1.29 is 9.53 Å². The average molecular weight is 410 g/mol. The number of anilines is 1. The zero-order valence-corrected chi connectivity index (χ0v) is 16.4. The Morgan fingerprint density at radius 2 is 1.77 bits per heavy atom. The van der Waals surface area contributed by atoms with Crippen molar-refractivity contribution in [2.24, 2.45) is 0 Å². The molecule has 3 aromatic rings. The van der Waals surface area contributed by atoms with Crippen molar-refractivity contribution >= 4 is 38.3 Å². The van der Waals surface area contributed by atoms with Crippen molar-refractivity contribution in [3.8, 4) is 5.75 Å². The molecule has 0 aliphatic heterocycles. The Balaban J connectivity index is 1.50. The Morgan fingerprint density at radius 3 is 2.50 bits per heavy atom. The molecule has 3 nitrogen and oxygen atoms in total. The molecule has 0 radical (unpaired) electrons. The van der Waals surface area contributed by atoms with Crippen molar-refractivity contribution in [3.63, 3.8) is 0 Å². The van der Waals surface area contributed by atoms with Crippen LogP contribution in [0.25, 0.3) is 10.8 Å². The van der Waals surface area contributed by atoms with Gasteiger partial charge in [0, 0.05) is 15.5 Å². The lowest BCUT2D eigenvalue weighted by Crippen LogP contribution is -2.20. The van der Waals surface area contributed by atoms with Crippen molar-refractivity contribution in [1.29, 1.82) is 0 Å². The number of hydrogen-bond acceptors (Lipinski definition) is 2. The van der Waals surface area contributed by atoms with Gasteiger partial charge < -0.3 is 10.1 Å². The summed E-state index contributed by atoms with van der Waals surface area (Å²) < 4.78 is 6.77. The summed E-state index contributed by atoms with van der Waals surface area (Å²) in [5.74, 6) is 0.556. The number of amides is 1. The fraction of sp³-hybridized carbons (Fsp3) is 0.227. The van der Waals surface area contributed by atoms with Gasteiger partial charge in [-0.15, -0.1) is 0 Å². The molecule has 26 heavy (non-hydrogen) atoms. The number of nitrogens with one attached hydrogen (secondary N) is 1. The Morgan fingerprint density at radius 1 is 1.08 bits per heavy atom. The first-order valence-corrected chi connectivity index (χ1v) is 9.55. The maximum Gasteiger partial charge on any atom is 0.262 e. The lowest BCUT2D eigenvalue weighted by Gasteiger charge is -2.12. The van der Waals surface area contributed by atoms with Crippen LogP contribution in [0.1, 0.15) is 22.3 Å². The molecule has 1 aliphatic rings. The van der Waals surface area contributed by atoms with E-state index in [-0.39, 0.29) is 12.5 Å². The second kappa shape index (κ2) is 6.76. The van der Waals surface area contributed by atoms with E-state index in [2.05, 4.69) is 45.5 Å². The standard InChI is InChI=1S/C22H20BrNO2/c1-13-10-17(11-14(2)22(13)23)26-12-20(25)24-19-9-8-16-7-6-15-4-3-5-18(19)21(15)16/h3-5,8-11H,6-7,12H2,1-2H3,(H,24,25). The topological polar surface area (TPSA) is 38.3 Å². The first-order valence-electron chi connectivity index (χ1n) is 8.76. The molecular formula is C22H20BrNO2. The summed E-state index contributed by atoms with van der Waals surface area (Å²) in [4.78, 5) is 12.4. The third kappa shape index (κ3) is 3.10. The van der Waals surface area contributed by atoms with Gasteiger partial charge in [0.15, 0.2) is 6.61 Å². The van der Waals surface area contributed by atoms with Crippen LogP contribution in [0, 0.1) is 13.8 Å². The number of carbonyl (C=O) groups excluding carboxylic acids is 1. The van der Waals surface area contributed by atoms with Crippen LogP contribution in [-0.4, -0.2) is 12.5 Å². The third-order valence-electron chi connectivity index (χ3n) is 4.93. The molecule has 0 saturated heterocycles. The van der Waals surface area contributed by atoms with Crippen LogP contribution in [-0.2, 0) is 17.6 Å². The second-order valence-corrected chi connectivity index (χ2v) is 7.61. The van der Waals surface area contributed by atoms with Crippen molar-refractivity contribution in [3.05, 3.63) is 69.2 Å². The van der Waals surface area contributed by atoms with Crippen LogP contribution in [0.5, 0.6) is 5.75 Å². The van der Waals surface area contributed by atoms with Crippen LogP contribution < -0.4 is 10.1 Å². The number of ether oxygens (including phenoxy) is 1. The molecule has 0 saturated carbocycles. The van der Waals surface area contributed by atoms with E-state index in [9.17, 15) is 4.79 Å². The fourth-order valence-corrected chi connectivity index (χ4v) is 3.91. The highest BCUT2D eigenvalue weighted by molar-refractivity contribution is 9.10. The first-order chi connectivity index (χ1) is 12.5. The minimum Gasteiger partial charge on any atom is -0.484 e. The summed E-state index contributed by atoms with van der Waals surface area (Å²) in [7, 11) is 0. The summed E-state index contributed by atoms with van der Waals surface area (Å²) in [5, 5.41) is 5.41. The molecule has 0 heterocycles. The largest absolute Gasteiger partial charge is 0.484 e. The predicted molar refractivity (Wildman–Crippen MR) is 109 cm³/mol. The molecule has 4 heteroatoms. The molecule has 0 unspecified atom stereocenters. The lowest BCUT2D eigenvalue weighted by molar-refractivity contribution is -0.118. The van der Waals surface area contributed by atoms with E-state index in [1.54, 1.807) is 0 Å². The molecule has 1 N–H and O–H groups in total. The number of carbonyl (C=O) groups is 1. The highest BCUT2D eigenvalue weighted by atomic mass is 79.9. The lowest BCUT2D eigenvalue weighted by atomic mass is 10.0. The maximum absolute atomic E-state index is 12.4. The van der Waals surface area contributed by atoms with Crippen LogP contribution >= 0.6 is 15.9 Å². The molecule has 0 atom stereocenters. The van der Waals surface area contributed by atoms with E-state index in [1.165, 1.54) is 16.5 Å². The van der Waals surface area contributed by atoms with Gasteiger partial charge >= 0.3 is 0 Å². The highest BCUT2D eigenvalue weighted by Gasteiger charge is 2.16. The zero-order valence-electron chi connectivity index (χ0n) is 14.9. The molecule has 0 aromatic heterocycles. The van der Waals surface area contributed by atoms with Gasteiger partial charge in [0.25, 0.3) is 5.91 Å². The predicted octanol–water partition coefficient (Wildman–Crippen LogP) is 5.34. The quantitative estimate of drug-likeness (QED) is 0.631. The van der Waals surface area contributed by atoms with Gasteiger partial charge in [-0.2, -0.15) is 0 Å². The molecule has 0 spiro atoms. The van der Waals surface area contributed by atoms with Gasteiger partial charge in [0.1, 0.15) is 5.75 Å². The third-order valence-corrected chi connectivity index (χ3v) is 6.18. The van der Waals surface area contributed by atoms with Crippen molar-refractivity contribution in [2.75, 3.05) is 11.9 Å². The van der Waals surface area contributed by atoms with Gasteiger partial charge in [-0.25, -0.2) is 0 Å². The Kier molecular flexibility index (Phi) is 4.45. The molecule has 4 rings (SSSR count). The SMILES string of the molecule is Cc1cc(OCC(=O)Nc2ccc3c4c(cccc24)CC3)cc(C)c1Br. The molecule has 0 bridgehead atoms. The normalized spacial score (nSPS) is 12.4. The van der Waals surface area contributed by atoms with E-state index in [1.807, 2.05) is 32.0 Å².